The van der Waals surface area contributed by atoms with E-state index in [1.807, 2.05) is 19.9 Å². The molecule has 0 aromatic carbocycles. The van der Waals surface area contributed by atoms with Gasteiger partial charge in [-0.3, -0.25) is 4.79 Å². The zero-order valence-corrected chi connectivity index (χ0v) is 15.4. The predicted octanol–water partition coefficient (Wildman–Crippen LogP) is 4.34. The average Bonchev–Trinajstić information content (AvgIpc) is 3.13. The van der Waals surface area contributed by atoms with E-state index in [-0.39, 0.29) is 6.10 Å². The van der Waals surface area contributed by atoms with Gasteiger partial charge in [-0.15, -0.1) is 0 Å². The summed E-state index contributed by atoms with van der Waals surface area (Å²) >= 11 is 0. The maximum absolute atomic E-state index is 11.8. The molecule has 4 heteroatoms. The van der Waals surface area contributed by atoms with Gasteiger partial charge in [-0.05, 0) is 32.8 Å². The van der Waals surface area contributed by atoms with Crippen LogP contribution >= 0.6 is 0 Å². The summed E-state index contributed by atoms with van der Waals surface area (Å²) in [6, 6.07) is 0. The van der Waals surface area contributed by atoms with E-state index >= 15 is 0 Å². The summed E-state index contributed by atoms with van der Waals surface area (Å²) in [5, 5.41) is 0. The van der Waals surface area contributed by atoms with Gasteiger partial charge in [0.25, 0.3) is 0 Å². The van der Waals surface area contributed by atoms with Crippen molar-refractivity contribution in [2.75, 3.05) is 13.2 Å². The molecule has 2 atom stereocenters. The number of rotatable bonds is 13. The van der Waals surface area contributed by atoms with Gasteiger partial charge in [-0.1, -0.05) is 45.1 Å². The van der Waals surface area contributed by atoms with E-state index in [0.717, 1.165) is 30.3 Å². The quantitative estimate of drug-likeness (QED) is 0.217. The van der Waals surface area contributed by atoms with Crippen LogP contribution in [0.5, 0.6) is 0 Å². The van der Waals surface area contributed by atoms with Crippen LogP contribution in [0.4, 0.5) is 0 Å². The number of carbonyl (C=O) groups excluding carboxylic acids is 1. The molecule has 0 amide bonds. The Morgan fingerprint density at radius 3 is 2.42 bits per heavy atom. The minimum absolute atomic E-state index is 0.187. The van der Waals surface area contributed by atoms with Crippen molar-refractivity contribution in [2.24, 2.45) is 0 Å². The number of fused-ring (bicyclic) bond motifs is 2. The van der Waals surface area contributed by atoms with Crippen LogP contribution in [0.25, 0.3) is 0 Å². The third-order valence-corrected chi connectivity index (χ3v) is 4.86. The van der Waals surface area contributed by atoms with E-state index in [9.17, 15) is 4.79 Å². The molecule has 4 nitrogen and oxygen atoms in total. The minimum Gasteiger partial charge on any atom is -0.354 e. The van der Waals surface area contributed by atoms with Crippen LogP contribution in [0.3, 0.4) is 0 Å². The lowest BCUT2D eigenvalue weighted by molar-refractivity contribution is -0.118. The summed E-state index contributed by atoms with van der Waals surface area (Å²) in [7, 11) is 0. The second-order valence-corrected chi connectivity index (χ2v) is 6.53. The van der Waals surface area contributed by atoms with Gasteiger partial charge in [0.2, 0.25) is 0 Å². The lowest BCUT2D eigenvalue weighted by Gasteiger charge is -2.25. The van der Waals surface area contributed by atoms with E-state index in [1.54, 1.807) is 0 Å². The van der Waals surface area contributed by atoms with Crippen LogP contribution in [0.15, 0.2) is 23.3 Å². The van der Waals surface area contributed by atoms with Crippen molar-refractivity contribution in [3.63, 3.8) is 0 Å². The molecule has 136 valence electrons. The standard InChI is InChI=1S/C20H32O4/c1-4-7-8-9-10-11-13-20-14-12-17(24-20)18(16(20)15-21)19(22-5-2)23-6-3/h12,14-15,17,19H,4-11,13H2,1-3H3/t17-,20+/m0/s1. The van der Waals surface area contributed by atoms with Crippen LogP contribution in [-0.2, 0) is 19.0 Å². The summed E-state index contributed by atoms with van der Waals surface area (Å²) in [5.41, 5.74) is 1.02. The Bertz CT molecular complexity index is 462. The molecule has 0 saturated carbocycles. The summed E-state index contributed by atoms with van der Waals surface area (Å²) in [6.07, 6.45) is 12.6. The highest BCUT2D eigenvalue weighted by Gasteiger charge is 2.50. The van der Waals surface area contributed by atoms with Gasteiger partial charge < -0.3 is 14.2 Å². The monoisotopic (exact) mass is 336 g/mol. The Morgan fingerprint density at radius 1 is 1.12 bits per heavy atom. The zero-order valence-electron chi connectivity index (χ0n) is 15.4. The van der Waals surface area contributed by atoms with E-state index < -0.39 is 11.9 Å². The molecular weight excluding hydrogens is 304 g/mol. The van der Waals surface area contributed by atoms with Crippen LogP contribution in [-0.4, -0.2) is 37.5 Å². The normalized spacial score (nSPS) is 25.2. The van der Waals surface area contributed by atoms with Gasteiger partial charge in [0, 0.05) is 24.4 Å². The SMILES string of the molecule is CCCCCCCC[C@]12C=C[C@H](O1)C(C(OCC)OCC)=C2C=O. The topological polar surface area (TPSA) is 44.8 Å². The molecular formula is C20H32O4. The molecule has 0 unspecified atom stereocenters. The lowest BCUT2D eigenvalue weighted by atomic mass is 9.83. The maximum atomic E-state index is 11.8. The smallest absolute Gasteiger partial charge is 0.183 e. The van der Waals surface area contributed by atoms with Crippen molar-refractivity contribution in [1.82, 2.24) is 0 Å². The van der Waals surface area contributed by atoms with E-state index in [1.165, 1.54) is 32.1 Å². The fourth-order valence-electron chi connectivity index (χ4n) is 3.67. The third-order valence-electron chi connectivity index (χ3n) is 4.86. The molecule has 2 rings (SSSR count). The predicted molar refractivity (Wildman–Crippen MR) is 94.9 cm³/mol. The Kier molecular flexibility index (Phi) is 7.66. The highest BCUT2D eigenvalue weighted by molar-refractivity contribution is 5.82. The molecule has 0 aromatic rings. The number of aldehydes is 1. The van der Waals surface area contributed by atoms with E-state index in [2.05, 4.69) is 13.0 Å². The molecule has 0 spiro atoms. The molecule has 2 heterocycles. The first-order valence-electron chi connectivity index (χ1n) is 9.52. The molecule has 0 aromatic heterocycles. The first-order chi connectivity index (χ1) is 11.7. The van der Waals surface area contributed by atoms with Crippen molar-refractivity contribution in [3.8, 4) is 0 Å². The molecule has 24 heavy (non-hydrogen) atoms. The Labute approximate surface area is 146 Å². The van der Waals surface area contributed by atoms with Gasteiger partial charge in [0.05, 0.1) is 0 Å². The number of ether oxygens (including phenoxy) is 3. The lowest BCUT2D eigenvalue weighted by Crippen LogP contribution is -2.29. The molecule has 0 fully saturated rings. The largest absolute Gasteiger partial charge is 0.354 e. The number of carbonyl (C=O) groups is 1. The van der Waals surface area contributed by atoms with Crippen LogP contribution in [0.2, 0.25) is 0 Å². The molecule has 2 aliphatic rings. The summed E-state index contributed by atoms with van der Waals surface area (Å²) < 4.78 is 17.6. The van der Waals surface area contributed by atoms with E-state index in [4.69, 9.17) is 14.2 Å². The fraction of sp³-hybridized carbons (Fsp3) is 0.750. The molecule has 0 radical (unpaired) electrons. The van der Waals surface area contributed by atoms with Crippen molar-refractivity contribution >= 4 is 6.29 Å². The average molecular weight is 336 g/mol. The summed E-state index contributed by atoms with van der Waals surface area (Å²) in [4.78, 5) is 11.8. The van der Waals surface area contributed by atoms with Crippen molar-refractivity contribution in [2.45, 2.75) is 83.7 Å². The highest BCUT2D eigenvalue weighted by atomic mass is 16.7. The van der Waals surface area contributed by atoms with Crippen LogP contribution < -0.4 is 0 Å². The van der Waals surface area contributed by atoms with Crippen LogP contribution in [0.1, 0.15) is 65.7 Å². The molecule has 0 saturated heterocycles. The number of unbranched alkanes of at least 4 members (excludes halogenated alkanes) is 5. The zero-order chi connectivity index (χ0) is 17.4. The molecule has 0 N–H and O–H groups in total. The van der Waals surface area contributed by atoms with Gasteiger partial charge in [0.15, 0.2) is 6.29 Å². The first-order valence-corrected chi connectivity index (χ1v) is 9.52. The molecule has 2 aliphatic heterocycles. The number of hydrogen-bond donors (Lipinski definition) is 0. The van der Waals surface area contributed by atoms with Gasteiger partial charge in [-0.2, -0.15) is 0 Å². The minimum atomic E-state index is -0.557. The van der Waals surface area contributed by atoms with Gasteiger partial charge in [0.1, 0.15) is 18.0 Å². The van der Waals surface area contributed by atoms with Crippen molar-refractivity contribution in [3.05, 3.63) is 23.3 Å². The Balaban J connectivity index is 2.03. The molecule has 0 aliphatic carbocycles. The summed E-state index contributed by atoms with van der Waals surface area (Å²) in [5.74, 6) is 0. The Morgan fingerprint density at radius 2 is 1.79 bits per heavy atom. The summed E-state index contributed by atoms with van der Waals surface area (Å²) in [6.45, 7) is 7.18. The van der Waals surface area contributed by atoms with Gasteiger partial charge in [-0.25, -0.2) is 0 Å². The van der Waals surface area contributed by atoms with Crippen molar-refractivity contribution in [1.29, 1.82) is 0 Å². The Hall–Kier alpha value is -0.970. The highest BCUT2D eigenvalue weighted by Crippen LogP contribution is 2.46. The fourth-order valence-corrected chi connectivity index (χ4v) is 3.67. The maximum Gasteiger partial charge on any atom is 0.183 e. The van der Waals surface area contributed by atoms with Crippen molar-refractivity contribution < 1.29 is 19.0 Å². The van der Waals surface area contributed by atoms with E-state index in [0.29, 0.717) is 13.2 Å². The third kappa shape index (κ3) is 4.16. The number of hydrogen-bond acceptors (Lipinski definition) is 4. The van der Waals surface area contributed by atoms with Gasteiger partial charge >= 0.3 is 0 Å². The molecule has 2 bridgehead atoms. The van der Waals surface area contributed by atoms with Crippen LogP contribution in [0, 0.1) is 0 Å². The second-order valence-electron chi connectivity index (χ2n) is 6.53. The second kappa shape index (κ2) is 9.50. The first kappa shape index (κ1) is 19.4.